The first kappa shape index (κ1) is 21.1. The largest absolute Gasteiger partial charge is 0.493 e. The lowest BCUT2D eigenvalue weighted by Gasteiger charge is -2.26. The fourth-order valence-corrected chi connectivity index (χ4v) is 4.92. The van der Waals surface area contributed by atoms with Crippen LogP contribution in [0, 0.1) is 6.92 Å². The molecule has 1 aliphatic heterocycles. The Labute approximate surface area is 171 Å². The number of hydrogen-bond donors (Lipinski definition) is 1. The van der Waals surface area contributed by atoms with E-state index in [0.717, 1.165) is 19.3 Å². The van der Waals surface area contributed by atoms with Crippen LogP contribution in [0.25, 0.3) is 0 Å². The number of ether oxygens (including phenoxy) is 2. The highest BCUT2D eigenvalue weighted by molar-refractivity contribution is 7.89. The number of hydrogen-bond acceptors (Lipinski definition) is 5. The van der Waals surface area contributed by atoms with Gasteiger partial charge in [-0.3, -0.25) is 4.79 Å². The third-order valence-electron chi connectivity index (χ3n) is 5.05. The highest BCUT2D eigenvalue weighted by Gasteiger charge is 2.27. The molecule has 2 aromatic carbocycles. The van der Waals surface area contributed by atoms with Gasteiger partial charge in [-0.2, -0.15) is 4.31 Å². The molecule has 0 aromatic heterocycles. The maximum atomic E-state index is 12.9. The Kier molecular flexibility index (Phi) is 6.44. The van der Waals surface area contributed by atoms with Crippen LogP contribution in [0.4, 0.5) is 5.69 Å². The van der Waals surface area contributed by atoms with E-state index in [1.54, 1.807) is 37.3 Å². The molecule has 0 unspecified atom stereocenters. The predicted octanol–water partition coefficient (Wildman–Crippen LogP) is 3.44. The van der Waals surface area contributed by atoms with Crippen LogP contribution in [0.2, 0.25) is 0 Å². The van der Waals surface area contributed by atoms with Crippen molar-refractivity contribution in [2.45, 2.75) is 31.1 Å². The van der Waals surface area contributed by atoms with Crippen molar-refractivity contribution in [2.75, 3.05) is 32.6 Å². The van der Waals surface area contributed by atoms with Crippen molar-refractivity contribution in [3.8, 4) is 11.5 Å². The van der Waals surface area contributed by atoms with Gasteiger partial charge in [0.2, 0.25) is 10.0 Å². The number of sulfonamides is 1. The molecule has 3 rings (SSSR count). The van der Waals surface area contributed by atoms with Crippen molar-refractivity contribution in [3.63, 3.8) is 0 Å². The Morgan fingerprint density at radius 3 is 2.31 bits per heavy atom. The molecule has 0 aliphatic carbocycles. The van der Waals surface area contributed by atoms with Gasteiger partial charge in [0.25, 0.3) is 5.91 Å². The summed E-state index contributed by atoms with van der Waals surface area (Å²) < 4.78 is 37.9. The van der Waals surface area contributed by atoms with Gasteiger partial charge in [-0.1, -0.05) is 12.5 Å². The molecule has 8 heteroatoms. The van der Waals surface area contributed by atoms with Crippen LogP contribution >= 0.6 is 0 Å². The normalized spacial score (nSPS) is 15.0. The number of rotatable bonds is 6. The predicted molar refractivity (Wildman–Crippen MR) is 111 cm³/mol. The van der Waals surface area contributed by atoms with E-state index in [2.05, 4.69) is 5.32 Å². The third-order valence-corrected chi connectivity index (χ3v) is 6.94. The highest BCUT2D eigenvalue weighted by Crippen LogP contribution is 2.30. The van der Waals surface area contributed by atoms with Gasteiger partial charge in [-0.15, -0.1) is 0 Å². The number of nitrogens with zero attached hydrogens (tertiary/aromatic N) is 1. The molecule has 0 bridgehead atoms. The zero-order valence-electron chi connectivity index (χ0n) is 16.9. The minimum Gasteiger partial charge on any atom is -0.493 e. The van der Waals surface area contributed by atoms with Crippen molar-refractivity contribution < 1.29 is 22.7 Å². The summed E-state index contributed by atoms with van der Waals surface area (Å²) in [5, 5.41) is 2.80. The van der Waals surface area contributed by atoms with Crippen molar-refractivity contribution in [1.29, 1.82) is 0 Å². The summed E-state index contributed by atoms with van der Waals surface area (Å²) in [7, 11) is -0.559. The lowest BCUT2D eigenvalue weighted by Crippen LogP contribution is -2.35. The first-order valence-electron chi connectivity index (χ1n) is 9.51. The van der Waals surface area contributed by atoms with Crippen molar-refractivity contribution in [1.82, 2.24) is 4.31 Å². The molecule has 0 radical (unpaired) electrons. The molecular weight excluding hydrogens is 392 g/mol. The summed E-state index contributed by atoms with van der Waals surface area (Å²) in [5.74, 6) is 0.658. The van der Waals surface area contributed by atoms with Crippen LogP contribution in [0.5, 0.6) is 11.5 Å². The summed E-state index contributed by atoms with van der Waals surface area (Å²) >= 11 is 0. The number of aryl methyl sites for hydroxylation is 1. The molecule has 1 heterocycles. The number of anilines is 1. The fourth-order valence-electron chi connectivity index (χ4n) is 3.37. The minimum absolute atomic E-state index is 0.141. The lowest BCUT2D eigenvalue weighted by molar-refractivity contribution is 0.102. The van der Waals surface area contributed by atoms with Gasteiger partial charge in [-0.05, 0) is 49.6 Å². The fraction of sp³-hybridized carbons (Fsp3) is 0.381. The summed E-state index contributed by atoms with van der Waals surface area (Å²) in [6, 6.07) is 9.73. The second kappa shape index (κ2) is 8.84. The summed E-state index contributed by atoms with van der Waals surface area (Å²) in [6.07, 6.45) is 2.76. The van der Waals surface area contributed by atoms with Crippen molar-refractivity contribution >= 4 is 21.6 Å². The molecule has 0 saturated carbocycles. The molecule has 1 fully saturated rings. The SMILES string of the molecule is COc1ccc(NC(=O)c2cc(S(=O)(=O)N3CCCCC3)ccc2C)cc1OC. The van der Waals surface area contributed by atoms with E-state index in [1.807, 2.05) is 0 Å². The number of carbonyl (C=O) groups is 1. The summed E-state index contributed by atoms with van der Waals surface area (Å²) in [5.41, 5.74) is 1.54. The van der Waals surface area contributed by atoms with Crippen LogP contribution in [-0.4, -0.2) is 45.9 Å². The van der Waals surface area contributed by atoms with Gasteiger partial charge in [0.1, 0.15) is 0 Å². The van der Waals surface area contributed by atoms with Crippen molar-refractivity contribution in [2.24, 2.45) is 0 Å². The number of carbonyl (C=O) groups excluding carboxylic acids is 1. The second-order valence-corrected chi connectivity index (χ2v) is 8.90. The molecule has 1 saturated heterocycles. The van der Waals surface area contributed by atoms with E-state index < -0.39 is 10.0 Å². The molecule has 2 aromatic rings. The molecule has 7 nitrogen and oxygen atoms in total. The van der Waals surface area contributed by atoms with E-state index in [1.165, 1.54) is 24.6 Å². The Hall–Kier alpha value is -2.58. The lowest BCUT2D eigenvalue weighted by atomic mass is 10.1. The van der Waals surface area contributed by atoms with E-state index in [9.17, 15) is 13.2 Å². The zero-order valence-corrected chi connectivity index (χ0v) is 17.7. The highest BCUT2D eigenvalue weighted by atomic mass is 32.2. The standard InChI is InChI=1S/C21H26N2O5S/c1-15-7-9-17(29(25,26)23-11-5-4-6-12-23)14-18(15)21(24)22-16-8-10-19(27-2)20(13-16)28-3/h7-10,13-14H,4-6,11-12H2,1-3H3,(H,22,24). The van der Waals surface area contributed by atoms with E-state index >= 15 is 0 Å². The molecule has 156 valence electrons. The molecule has 1 aliphatic rings. The van der Waals surface area contributed by atoms with Gasteiger partial charge in [0.15, 0.2) is 11.5 Å². The van der Waals surface area contributed by atoms with Gasteiger partial charge in [0.05, 0.1) is 19.1 Å². The topological polar surface area (TPSA) is 84.9 Å². The van der Waals surface area contributed by atoms with Crippen molar-refractivity contribution in [3.05, 3.63) is 47.5 Å². The minimum atomic E-state index is -3.61. The molecule has 1 amide bonds. The van der Waals surface area contributed by atoms with E-state index in [-0.39, 0.29) is 10.8 Å². The zero-order chi connectivity index (χ0) is 21.0. The Morgan fingerprint density at radius 1 is 0.966 bits per heavy atom. The third kappa shape index (κ3) is 4.54. The summed E-state index contributed by atoms with van der Waals surface area (Å²) in [6.45, 7) is 2.81. The summed E-state index contributed by atoms with van der Waals surface area (Å²) in [4.78, 5) is 13.0. The van der Waals surface area contributed by atoms with Crippen LogP contribution < -0.4 is 14.8 Å². The second-order valence-electron chi connectivity index (χ2n) is 6.97. The van der Waals surface area contributed by atoms with Gasteiger partial charge in [0, 0.05) is 30.4 Å². The van der Waals surface area contributed by atoms with Gasteiger partial charge in [-0.25, -0.2) is 8.42 Å². The average molecular weight is 419 g/mol. The Bertz CT molecular complexity index is 998. The first-order chi connectivity index (χ1) is 13.9. The average Bonchev–Trinajstić information content (AvgIpc) is 2.74. The number of nitrogens with one attached hydrogen (secondary N) is 1. The maximum absolute atomic E-state index is 12.9. The number of benzene rings is 2. The van der Waals surface area contributed by atoms with Crippen LogP contribution in [-0.2, 0) is 10.0 Å². The molecule has 29 heavy (non-hydrogen) atoms. The Morgan fingerprint density at radius 2 is 1.66 bits per heavy atom. The quantitative estimate of drug-likeness (QED) is 0.777. The van der Waals surface area contributed by atoms with Gasteiger partial charge >= 0.3 is 0 Å². The van der Waals surface area contributed by atoms with Gasteiger partial charge < -0.3 is 14.8 Å². The molecular formula is C21H26N2O5S. The molecule has 1 N–H and O–H groups in total. The van der Waals surface area contributed by atoms with E-state index in [0.29, 0.717) is 41.4 Å². The van der Waals surface area contributed by atoms with Crippen LogP contribution in [0.15, 0.2) is 41.3 Å². The number of amides is 1. The van der Waals surface area contributed by atoms with Crippen LogP contribution in [0.1, 0.15) is 35.2 Å². The molecule has 0 atom stereocenters. The number of methoxy groups -OCH3 is 2. The smallest absolute Gasteiger partial charge is 0.255 e. The van der Waals surface area contributed by atoms with Crippen LogP contribution in [0.3, 0.4) is 0 Å². The maximum Gasteiger partial charge on any atom is 0.255 e. The van der Waals surface area contributed by atoms with E-state index in [4.69, 9.17) is 9.47 Å². The molecule has 0 spiro atoms. The first-order valence-corrected chi connectivity index (χ1v) is 10.9. The monoisotopic (exact) mass is 418 g/mol. The Balaban J connectivity index is 1.87. The number of piperidine rings is 1.